The summed E-state index contributed by atoms with van der Waals surface area (Å²) in [7, 11) is 0. The van der Waals surface area contributed by atoms with Crippen molar-refractivity contribution in [1.29, 1.82) is 0 Å². The number of fused-ring (bicyclic) bond motifs is 2. The molecule has 0 bridgehead atoms. The van der Waals surface area contributed by atoms with Gasteiger partial charge in [-0.3, -0.25) is 4.79 Å². The molecule has 0 aliphatic carbocycles. The second kappa shape index (κ2) is 6.65. The first kappa shape index (κ1) is 17.5. The number of phenolic OH excluding ortho intramolecular Hbond substituents is 1. The predicted molar refractivity (Wildman–Crippen MR) is 104 cm³/mol. The van der Waals surface area contributed by atoms with Crippen LogP contribution in [0, 0.1) is 0 Å². The highest BCUT2D eigenvalue weighted by molar-refractivity contribution is 5.85. The van der Waals surface area contributed by atoms with E-state index in [2.05, 4.69) is 0 Å². The van der Waals surface area contributed by atoms with E-state index in [0.717, 1.165) is 11.1 Å². The molecule has 4 rings (SSSR count). The molecule has 1 aliphatic rings. The molecule has 1 aliphatic heterocycles. The molecular formula is C22H22O5. The Morgan fingerprint density at radius 2 is 1.81 bits per heavy atom. The molecular weight excluding hydrogens is 344 g/mol. The molecule has 5 heteroatoms. The number of aryl methyl sites for hydroxylation is 1. The normalized spacial score (nSPS) is 13.3. The van der Waals surface area contributed by atoms with Gasteiger partial charge >= 0.3 is 0 Å². The van der Waals surface area contributed by atoms with Crippen LogP contribution in [0.1, 0.15) is 38.0 Å². The Balaban J connectivity index is 2.01. The van der Waals surface area contributed by atoms with Gasteiger partial charge in [-0.25, -0.2) is 0 Å². The molecule has 0 amide bonds. The van der Waals surface area contributed by atoms with Gasteiger partial charge in [-0.2, -0.15) is 0 Å². The number of phenols is 1. The van der Waals surface area contributed by atoms with Crippen LogP contribution >= 0.6 is 0 Å². The van der Waals surface area contributed by atoms with Crippen molar-refractivity contribution in [1.82, 2.24) is 0 Å². The molecule has 2 heterocycles. The molecule has 0 unspecified atom stereocenters. The van der Waals surface area contributed by atoms with Crippen molar-refractivity contribution in [2.24, 2.45) is 0 Å². The first-order chi connectivity index (χ1) is 13.0. The van der Waals surface area contributed by atoms with Gasteiger partial charge in [0.1, 0.15) is 30.3 Å². The van der Waals surface area contributed by atoms with Gasteiger partial charge in [0.25, 0.3) is 0 Å². The fraction of sp³-hybridized carbons (Fsp3) is 0.318. The number of benzene rings is 2. The van der Waals surface area contributed by atoms with Crippen molar-refractivity contribution >= 4 is 11.0 Å². The zero-order valence-corrected chi connectivity index (χ0v) is 15.7. The average molecular weight is 366 g/mol. The number of hydrogen-bond donors (Lipinski definition) is 1. The van der Waals surface area contributed by atoms with E-state index in [4.69, 9.17) is 13.9 Å². The van der Waals surface area contributed by atoms with Crippen molar-refractivity contribution in [2.45, 2.75) is 33.1 Å². The Labute approximate surface area is 157 Å². The van der Waals surface area contributed by atoms with Gasteiger partial charge in [-0.05, 0) is 35.7 Å². The molecule has 1 N–H and O–H groups in total. The first-order valence-electron chi connectivity index (χ1n) is 9.22. The van der Waals surface area contributed by atoms with E-state index in [-0.39, 0.29) is 17.1 Å². The fourth-order valence-corrected chi connectivity index (χ4v) is 3.45. The third kappa shape index (κ3) is 2.93. The highest BCUT2D eigenvalue weighted by Gasteiger charge is 2.22. The van der Waals surface area contributed by atoms with Gasteiger partial charge in [-0.1, -0.05) is 26.8 Å². The summed E-state index contributed by atoms with van der Waals surface area (Å²) < 4.78 is 17.3. The van der Waals surface area contributed by atoms with E-state index in [1.165, 1.54) is 6.07 Å². The van der Waals surface area contributed by atoms with Gasteiger partial charge < -0.3 is 19.0 Å². The number of hydrogen-bond acceptors (Lipinski definition) is 5. The van der Waals surface area contributed by atoms with Crippen LogP contribution in [0.2, 0.25) is 0 Å². The number of ether oxygens (including phenoxy) is 2. The van der Waals surface area contributed by atoms with Crippen LogP contribution < -0.4 is 14.9 Å². The summed E-state index contributed by atoms with van der Waals surface area (Å²) in [5.74, 6) is 2.05. The van der Waals surface area contributed by atoms with E-state index in [1.54, 1.807) is 6.07 Å². The maximum atomic E-state index is 13.4. The van der Waals surface area contributed by atoms with E-state index < -0.39 is 0 Å². The lowest BCUT2D eigenvalue weighted by atomic mass is 9.96. The van der Waals surface area contributed by atoms with Crippen molar-refractivity contribution in [2.75, 3.05) is 13.2 Å². The topological polar surface area (TPSA) is 68.9 Å². The molecule has 5 nitrogen and oxygen atoms in total. The van der Waals surface area contributed by atoms with Gasteiger partial charge in [0, 0.05) is 12.0 Å². The summed E-state index contributed by atoms with van der Waals surface area (Å²) >= 11 is 0. The molecule has 0 saturated heterocycles. The Morgan fingerprint density at radius 1 is 1.07 bits per heavy atom. The average Bonchev–Trinajstić information content (AvgIpc) is 2.67. The molecule has 0 fully saturated rings. The van der Waals surface area contributed by atoms with Crippen LogP contribution in [0.25, 0.3) is 22.1 Å². The monoisotopic (exact) mass is 366 g/mol. The van der Waals surface area contributed by atoms with E-state index >= 15 is 0 Å². The Hall–Kier alpha value is -2.95. The predicted octanol–water partition coefficient (Wildman–Crippen LogP) is 4.62. The van der Waals surface area contributed by atoms with E-state index in [1.807, 2.05) is 39.0 Å². The summed E-state index contributed by atoms with van der Waals surface area (Å²) in [5.41, 5.74) is 2.29. The summed E-state index contributed by atoms with van der Waals surface area (Å²) in [4.78, 5) is 13.4. The van der Waals surface area contributed by atoms with Crippen LogP contribution in [0.5, 0.6) is 17.2 Å². The molecule has 3 aromatic rings. The first-order valence-corrected chi connectivity index (χ1v) is 9.22. The molecule has 1 aromatic heterocycles. The highest BCUT2D eigenvalue weighted by Crippen LogP contribution is 2.37. The maximum absolute atomic E-state index is 13.4. The molecule has 27 heavy (non-hydrogen) atoms. The zero-order chi connectivity index (χ0) is 19.1. The van der Waals surface area contributed by atoms with E-state index in [9.17, 15) is 9.90 Å². The van der Waals surface area contributed by atoms with Gasteiger partial charge in [0.15, 0.2) is 11.5 Å². The Bertz CT molecular complexity index is 1080. The minimum atomic E-state index is -0.105. The zero-order valence-electron chi connectivity index (χ0n) is 15.7. The molecule has 140 valence electrons. The standard InChI is InChI=1S/C22H22O5/c1-4-13-9-15-18(11-16(13)23)27-22(12(2)3)20(21(15)24)14-5-6-17-19(10-14)26-8-7-25-17/h5-6,9-12,23H,4,7-8H2,1-3H3. The highest BCUT2D eigenvalue weighted by atomic mass is 16.6. The van der Waals surface area contributed by atoms with Crippen molar-refractivity contribution < 1.29 is 19.0 Å². The summed E-state index contributed by atoms with van der Waals surface area (Å²) in [5, 5.41) is 10.6. The van der Waals surface area contributed by atoms with Crippen LogP contribution in [0.3, 0.4) is 0 Å². The minimum absolute atomic E-state index is 0.00158. The number of rotatable bonds is 3. The molecule has 0 atom stereocenters. The Morgan fingerprint density at radius 3 is 2.52 bits per heavy atom. The quantitative estimate of drug-likeness (QED) is 0.732. The molecule has 0 radical (unpaired) electrons. The van der Waals surface area contributed by atoms with Crippen molar-refractivity contribution in [3.05, 3.63) is 51.9 Å². The number of aromatic hydroxyl groups is 1. The fourth-order valence-electron chi connectivity index (χ4n) is 3.45. The van der Waals surface area contributed by atoms with Crippen LogP contribution in [0.4, 0.5) is 0 Å². The summed E-state index contributed by atoms with van der Waals surface area (Å²) in [6.45, 7) is 6.90. The largest absolute Gasteiger partial charge is 0.508 e. The lowest BCUT2D eigenvalue weighted by molar-refractivity contribution is 0.171. The van der Waals surface area contributed by atoms with Crippen LogP contribution in [-0.2, 0) is 6.42 Å². The molecule has 0 saturated carbocycles. The van der Waals surface area contributed by atoms with Gasteiger partial charge in [0.2, 0.25) is 5.43 Å². The maximum Gasteiger partial charge on any atom is 0.200 e. The van der Waals surface area contributed by atoms with Crippen LogP contribution in [-0.4, -0.2) is 18.3 Å². The Kier molecular flexibility index (Phi) is 4.30. The second-order valence-corrected chi connectivity index (χ2v) is 7.01. The van der Waals surface area contributed by atoms with E-state index in [0.29, 0.717) is 53.4 Å². The van der Waals surface area contributed by atoms with Crippen molar-refractivity contribution in [3.63, 3.8) is 0 Å². The second-order valence-electron chi connectivity index (χ2n) is 7.01. The van der Waals surface area contributed by atoms with Crippen LogP contribution in [0.15, 0.2) is 39.5 Å². The lowest BCUT2D eigenvalue weighted by Crippen LogP contribution is -2.16. The van der Waals surface area contributed by atoms with Gasteiger partial charge in [0.05, 0.1) is 10.9 Å². The SMILES string of the molecule is CCc1cc2c(=O)c(-c3ccc4c(c3)OCCO4)c(C(C)C)oc2cc1O. The van der Waals surface area contributed by atoms with Crippen molar-refractivity contribution in [3.8, 4) is 28.4 Å². The molecule has 0 spiro atoms. The summed E-state index contributed by atoms with van der Waals surface area (Å²) in [6, 6.07) is 8.78. The smallest absolute Gasteiger partial charge is 0.200 e. The lowest BCUT2D eigenvalue weighted by Gasteiger charge is -2.20. The molecule has 2 aromatic carbocycles. The minimum Gasteiger partial charge on any atom is -0.508 e. The third-order valence-corrected chi connectivity index (χ3v) is 4.85. The van der Waals surface area contributed by atoms with Gasteiger partial charge in [-0.15, -0.1) is 0 Å². The summed E-state index contributed by atoms with van der Waals surface area (Å²) in [6.07, 6.45) is 0.631. The third-order valence-electron chi connectivity index (χ3n) is 4.85.